The molecule has 2 aliphatic heterocycles. The summed E-state index contributed by atoms with van der Waals surface area (Å²) in [7, 11) is 0. The van der Waals surface area contributed by atoms with E-state index in [2.05, 4.69) is 5.32 Å². The van der Waals surface area contributed by atoms with Gasteiger partial charge in [0.25, 0.3) is 0 Å². The Labute approximate surface area is 121 Å². The summed E-state index contributed by atoms with van der Waals surface area (Å²) in [6, 6.07) is 0. The van der Waals surface area contributed by atoms with E-state index in [0.29, 0.717) is 38.7 Å². The van der Waals surface area contributed by atoms with Gasteiger partial charge < -0.3 is 20.5 Å². The minimum atomic E-state index is -0.730. The molecule has 0 radical (unpaired) electrons. The highest BCUT2D eigenvalue weighted by Gasteiger charge is 2.35. The smallest absolute Gasteiger partial charge is 0.240 e. The molecule has 0 aliphatic carbocycles. The summed E-state index contributed by atoms with van der Waals surface area (Å²) >= 11 is 0. The summed E-state index contributed by atoms with van der Waals surface area (Å²) in [5.41, 5.74) is 5.37. The first-order valence-electron chi connectivity index (χ1n) is 6.97. The van der Waals surface area contributed by atoms with Crippen molar-refractivity contribution in [3.05, 3.63) is 0 Å². The van der Waals surface area contributed by atoms with Crippen LogP contribution in [0.25, 0.3) is 0 Å². The van der Waals surface area contributed by atoms with Crippen LogP contribution in [0.1, 0.15) is 38.5 Å². The van der Waals surface area contributed by atoms with Crippen LogP contribution in [0.2, 0.25) is 0 Å². The van der Waals surface area contributed by atoms with Crippen LogP contribution < -0.4 is 11.1 Å². The van der Waals surface area contributed by atoms with Gasteiger partial charge in [-0.1, -0.05) is 0 Å². The van der Waals surface area contributed by atoms with E-state index in [4.69, 9.17) is 15.2 Å². The molecule has 1 unspecified atom stereocenters. The summed E-state index contributed by atoms with van der Waals surface area (Å²) in [4.78, 5) is 12.0. The minimum absolute atomic E-state index is 0. The summed E-state index contributed by atoms with van der Waals surface area (Å²) in [6.45, 7) is 2.67. The van der Waals surface area contributed by atoms with E-state index in [1.807, 2.05) is 0 Å². The molecule has 2 heterocycles. The zero-order valence-corrected chi connectivity index (χ0v) is 12.2. The monoisotopic (exact) mass is 292 g/mol. The molecule has 112 valence electrons. The van der Waals surface area contributed by atoms with Gasteiger partial charge in [-0.25, -0.2) is 0 Å². The van der Waals surface area contributed by atoms with Crippen molar-refractivity contribution in [2.45, 2.75) is 50.2 Å². The first kappa shape index (κ1) is 16.7. The molecule has 0 spiro atoms. The van der Waals surface area contributed by atoms with Crippen molar-refractivity contribution in [2.24, 2.45) is 5.73 Å². The molecule has 0 aromatic heterocycles. The van der Waals surface area contributed by atoms with E-state index in [0.717, 1.165) is 25.9 Å². The van der Waals surface area contributed by atoms with Gasteiger partial charge in [-0.2, -0.15) is 0 Å². The maximum atomic E-state index is 12.0. The van der Waals surface area contributed by atoms with E-state index < -0.39 is 5.54 Å². The third kappa shape index (κ3) is 4.91. The molecule has 2 saturated heterocycles. The fourth-order valence-electron chi connectivity index (χ4n) is 2.52. The van der Waals surface area contributed by atoms with Crippen molar-refractivity contribution in [1.29, 1.82) is 0 Å². The summed E-state index contributed by atoms with van der Waals surface area (Å²) in [5.74, 6) is -0.0402. The zero-order chi connectivity index (χ0) is 12.8. The van der Waals surface area contributed by atoms with E-state index in [-0.39, 0.29) is 18.3 Å². The molecular weight excluding hydrogens is 268 g/mol. The van der Waals surface area contributed by atoms with Crippen molar-refractivity contribution >= 4 is 18.3 Å². The summed E-state index contributed by atoms with van der Waals surface area (Å²) in [6.07, 6.45) is 5.92. The molecule has 3 N–H and O–H groups in total. The number of hydrogen-bond donors (Lipinski definition) is 2. The molecule has 5 nitrogen and oxygen atoms in total. The summed E-state index contributed by atoms with van der Waals surface area (Å²) in [5, 5.41) is 2.94. The number of halogens is 1. The fraction of sp³-hybridized carbons (Fsp3) is 0.923. The van der Waals surface area contributed by atoms with Gasteiger partial charge in [0.1, 0.15) is 0 Å². The molecule has 6 heteroatoms. The van der Waals surface area contributed by atoms with Crippen molar-refractivity contribution < 1.29 is 14.3 Å². The molecule has 0 saturated carbocycles. The molecule has 0 bridgehead atoms. The Hall–Kier alpha value is -0.360. The average Bonchev–Trinajstić information content (AvgIpc) is 2.41. The Morgan fingerprint density at radius 2 is 2.00 bits per heavy atom. The number of nitrogens with one attached hydrogen (secondary N) is 1. The Balaban J connectivity index is 0.00000180. The topological polar surface area (TPSA) is 73.6 Å². The first-order valence-corrected chi connectivity index (χ1v) is 6.97. The molecule has 2 fully saturated rings. The molecule has 2 aliphatic rings. The lowest BCUT2D eigenvalue weighted by Crippen LogP contribution is -2.57. The van der Waals surface area contributed by atoms with Crippen LogP contribution in [0.15, 0.2) is 0 Å². The molecule has 1 atom stereocenters. The van der Waals surface area contributed by atoms with Crippen LogP contribution in [0.4, 0.5) is 0 Å². The molecule has 2 rings (SSSR count). The van der Waals surface area contributed by atoms with Gasteiger partial charge in [0.05, 0.1) is 11.6 Å². The number of ether oxygens (including phenoxy) is 2. The Morgan fingerprint density at radius 3 is 2.63 bits per heavy atom. The lowest BCUT2D eigenvalue weighted by atomic mass is 9.90. The number of rotatable bonds is 4. The lowest BCUT2D eigenvalue weighted by molar-refractivity contribution is -0.129. The summed E-state index contributed by atoms with van der Waals surface area (Å²) < 4.78 is 10.9. The molecular formula is C13H25ClN2O3. The maximum Gasteiger partial charge on any atom is 0.240 e. The fourth-order valence-corrected chi connectivity index (χ4v) is 2.52. The lowest BCUT2D eigenvalue weighted by Gasteiger charge is -2.32. The van der Waals surface area contributed by atoms with Crippen LogP contribution in [0.5, 0.6) is 0 Å². The number of hydrogen-bond acceptors (Lipinski definition) is 4. The highest BCUT2D eigenvalue weighted by atomic mass is 35.5. The number of carbonyl (C=O) groups excluding carboxylic acids is 1. The Kier molecular flexibility index (Phi) is 7.07. The quantitative estimate of drug-likeness (QED) is 0.810. The highest BCUT2D eigenvalue weighted by molar-refractivity contribution is 5.86. The van der Waals surface area contributed by atoms with Gasteiger partial charge in [0, 0.05) is 26.4 Å². The number of carbonyl (C=O) groups is 1. The van der Waals surface area contributed by atoms with E-state index in [9.17, 15) is 4.79 Å². The molecule has 0 aromatic rings. The van der Waals surface area contributed by atoms with Gasteiger partial charge in [0.15, 0.2) is 0 Å². The van der Waals surface area contributed by atoms with E-state index >= 15 is 0 Å². The number of amides is 1. The van der Waals surface area contributed by atoms with Crippen LogP contribution in [0, 0.1) is 0 Å². The van der Waals surface area contributed by atoms with Crippen LogP contribution in [0.3, 0.4) is 0 Å². The van der Waals surface area contributed by atoms with Crippen molar-refractivity contribution in [3.63, 3.8) is 0 Å². The van der Waals surface area contributed by atoms with Crippen molar-refractivity contribution in [2.75, 3.05) is 26.4 Å². The van der Waals surface area contributed by atoms with Gasteiger partial charge in [-0.3, -0.25) is 4.79 Å². The van der Waals surface area contributed by atoms with Gasteiger partial charge in [-0.15, -0.1) is 12.4 Å². The highest BCUT2D eigenvalue weighted by Crippen LogP contribution is 2.18. The standard InChI is InChI=1S/C13H24N2O3.ClH/c14-13(5-9-17-10-6-13)12(16)15-7-4-11-3-1-2-8-18-11;/h11H,1-10,14H2,(H,15,16);1H. The maximum absolute atomic E-state index is 12.0. The third-order valence-corrected chi connectivity index (χ3v) is 3.86. The van der Waals surface area contributed by atoms with Gasteiger partial charge >= 0.3 is 0 Å². The number of nitrogens with two attached hydrogens (primary N) is 1. The van der Waals surface area contributed by atoms with E-state index in [1.54, 1.807) is 0 Å². The third-order valence-electron chi connectivity index (χ3n) is 3.86. The molecule has 0 aromatic carbocycles. The second-order valence-corrected chi connectivity index (χ2v) is 5.30. The predicted molar refractivity (Wildman–Crippen MR) is 75.4 cm³/mol. The average molecular weight is 293 g/mol. The van der Waals surface area contributed by atoms with Gasteiger partial charge in [-0.05, 0) is 38.5 Å². The van der Waals surface area contributed by atoms with E-state index in [1.165, 1.54) is 6.42 Å². The second kappa shape index (κ2) is 8.04. The van der Waals surface area contributed by atoms with Crippen molar-refractivity contribution in [3.8, 4) is 0 Å². The zero-order valence-electron chi connectivity index (χ0n) is 11.4. The van der Waals surface area contributed by atoms with Crippen LogP contribution in [-0.4, -0.2) is 43.9 Å². The van der Waals surface area contributed by atoms with Crippen LogP contribution >= 0.6 is 12.4 Å². The first-order chi connectivity index (χ1) is 8.71. The normalized spacial score (nSPS) is 26.3. The molecule has 1 amide bonds. The predicted octanol–water partition coefficient (Wildman–Crippen LogP) is 0.991. The minimum Gasteiger partial charge on any atom is -0.381 e. The van der Waals surface area contributed by atoms with Crippen LogP contribution in [-0.2, 0) is 14.3 Å². The molecule has 19 heavy (non-hydrogen) atoms. The Morgan fingerprint density at radius 1 is 1.26 bits per heavy atom. The second-order valence-electron chi connectivity index (χ2n) is 5.30. The van der Waals surface area contributed by atoms with Crippen molar-refractivity contribution in [1.82, 2.24) is 5.32 Å². The Bertz CT molecular complexity index is 277. The van der Waals surface area contributed by atoms with Gasteiger partial charge in [0.2, 0.25) is 5.91 Å². The largest absolute Gasteiger partial charge is 0.381 e. The SMILES string of the molecule is Cl.NC1(C(=O)NCCC2CCCCO2)CCOCC1.